The SMILES string of the molecule is CCOc1ccc(S(=O)(=O)NCC(OC)C(=O)O)cc1. The molecule has 0 aromatic heterocycles. The molecule has 0 aliphatic carbocycles. The number of rotatable bonds is 8. The molecule has 1 rings (SSSR count). The van der Waals surface area contributed by atoms with Gasteiger partial charge in [-0.25, -0.2) is 17.9 Å². The zero-order chi connectivity index (χ0) is 15.2. The molecule has 20 heavy (non-hydrogen) atoms. The molecule has 0 aliphatic heterocycles. The lowest BCUT2D eigenvalue weighted by Crippen LogP contribution is -2.37. The molecule has 1 unspecified atom stereocenters. The van der Waals surface area contributed by atoms with Crippen molar-refractivity contribution in [2.75, 3.05) is 20.3 Å². The fourth-order valence-corrected chi connectivity index (χ4v) is 2.45. The molecule has 0 bridgehead atoms. The van der Waals surface area contributed by atoms with Gasteiger partial charge in [0.25, 0.3) is 0 Å². The van der Waals surface area contributed by atoms with Crippen LogP contribution in [0.15, 0.2) is 29.2 Å². The fourth-order valence-electron chi connectivity index (χ4n) is 1.42. The number of carboxylic acids is 1. The van der Waals surface area contributed by atoms with Gasteiger partial charge in [0.05, 0.1) is 11.5 Å². The van der Waals surface area contributed by atoms with Crippen LogP contribution >= 0.6 is 0 Å². The summed E-state index contributed by atoms with van der Waals surface area (Å²) in [7, 11) is -2.58. The predicted molar refractivity (Wildman–Crippen MR) is 71.2 cm³/mol. The molecule has 0 radical (unpaired) electrons. The van der Waals surface area contributed by atoms with E-state index in [-0.39, 0.29) is 11.4 Å². The fraction of sp³-hybridized carbons (Fsp3) is 0.417. The third-order valence-electron chi connectivity index (χ3n) is 2.46. The monoisotopic (exact) mass is 303 g/mol. The molecular formula is C12H17NO6S. The molecule has 0 saturated heterocycles. The Morgan fingerprint density at radius 3 is 2.40 bits per heavy atom. The largest absolute Gasteiger partial charge is 0.494 e. The average Bonchev–Trinajstić information content (AvgIpc) is 2.40. The van der Waals surface area contributed by atoms with Crippen LogP contribution in [0.25, 0.3) is 0 Å². The van der Waals surface area contributed by atoms with Crippen molar-refractivity contribution in [2.24, 2.45) is 0 Å². The van der Waals surface area contributed by atoms with Crippen LogP contribution in [-0.4, -0.2) is 45.9 Å². The molecule has 0 heterocycles. The Morgan fingerprint density at radius 2 is 1.95 bits per heavy atom. The number of carboxylic acid groups (broad SMARTS) is 1. The molecule has 0 aliphatic rings. The predicted octanol–water partition coefficient (Wildman–Crippen LogP) is 0.463. The van der Waals surface area contributed by atoms with Crippen LogP contribution in [0.1, 0.15) is 6.92 Å². The Hall–Kier alpha value is -1.64. The van der Waals surface area contributed by atoms with Crippen LogP contribution in [-0.2, 0) is 19.6 Å². The molecule has 8 heteroatoms. The second kappa shape index (κ2) is 7.22. The van der Waals surface area contributed by atoms with Crippen molar-refractivity contribution >= 4 is 16.0 Å². The van der Waals surface area contributed by atoms with Crippen molar-refractivity contribution in [3.05, 3.63) is 24.3 Å². The van der Waals surface area contributed by atoms with Gasteiger partial charge in [-0.3, -0.25) is 0 Å². The Labute approximate surface area is 117 Å². The maximum absolute atomic E-state index is 11.9. The maximum atomic E-state index is 11.9. The Bertz CT molecular complexity index is 540. The van der Waals surface area contributed by atoms with Gasteiger partial charge in [0, 0.05) is 13.7 Å². The number of hydrogen-bond acceptors (Lipinski definition) is 5. The maximum Gasteiger partial charge on any atom is 0.334 e. The summed E-state index contributed by atoms with van der Waals surface area (Å²) in [4.78, 5) is 10.8. The summed E-state index contributed by atoms with van der Waals surface area (Å²) < 4.78 is 35.9. The Kier molecular flexibility index (Phi) is 5.93. The third kappa shape index (κ3) is 4.48. The van der Waals surface area contributed by atoms with Gasteiger partial charge in [0.15, 0.2) is 6.10 Å². The third-order valence-corrected chi connectivity index (χ3v) is 3.90. The lowest BCUT2D eigenvalue weighted by molar-refractivity contribution is -0.147. The van der Waals surface area contributed by atoms with Crippen molar-refractivity contribution < 1.29 is 27.8 Å². The van der Waals surface area contributed by atoms with Crippen molar-refractivity contribution in [1.29, 1.82) is 0 Å². The number of aliphatic carboxylic acids is 1. The minimum absolute atomic E-state index is 0.0289. The van der Waals surface area contributed by atoms with Gasteiger partial charge in [-0.15, -0.1) is 0 Å². The minimum Gasteiger partial charge on any atom is -0.494 e. The molecule has 0 saturated carbocycles. The number of sulfonamides is 1. The normalized spacial score (nSPS) is 12.9. The van der Waals surface area contributed by atoms with E-state index >= 15 is 0 Å². The lowest BCUT2D eigenvalue weighted by atomic mass is 10.3. The first kappa shape index (κ1) is 16.4. The van der Waals surface area contributed by atoms with Crippen molar-refractivity contribution in [3.8, 4) is 5.75 Å². The summed E-state index contributed by atoms with van der Waals surface area (Å²) >= 11 is 0. The standard InChI is InChI=1S/C12H17NO6S/c1-3-19-9-4-6-10(7-5-9)20(16,17)13-8-11(18-2)12(14)15/h4-7,11,13H,3,8H2,1-2H3,(H,14,15). The highest BCUT2D eigenvalue weighted by Crippen LogP contribution is 2.15. The van der Waals surface area contributed by atoms with Crippen LogP contribution in [0.5, 0.6) is 5.75 Å². The average molecular weight is 303 g/mol. The molecule has 1 atom stereocenters. The van der Waals surface area contributed by atoms with Gasteiger partial charge < -0.3 is 14.6 Å². The number of methoxy groups -OCH3 is 1. The van der Waals surface area contributed by atoms with Crippen LogP contribution in [0.3, 0.4) is 0 Å². The molecule has 7 nitrogen and oxygen atoms in total. The summed E-state index contributed by atoms with van der Waals surface area (Å²) in [5, 5.41) is 8.76. The summed E-state index contributed by atoms with van der Waals surface area (Å²) in [5.41, 5.74) is 0. The van der Waals surface area contributed by atoms with Gasteiger partial charge in [-0.1, -0.05) is 0 Å². The number of nitrogens with one attached hydrogen (secondary N) is 1. The van der Waals surface area contributed by atoms with E-state index in [1.54, 1.807) is 0 Å². The van der Waals surface area contributed by atoms with E-state index in [4.69, 9.17) is 9.84 Å². The Balaban J connectivity index is 2.75. The first-order chi connectivity index (χ1) is 9.40. The molecule has 2 N–H and O–H groups in total. The smallest absolute Gasteiger partial charge is 0.334 e. The van der Waals surface area contributed by atoms with Crippen LogP contribution in [0, 0.1) is 0 Å². The van der Waals surface area contributed by atoms with E-state index in [9.17, 15) is 13.2 Å². The van der Waals surface area contributed by atoms with E-state index in [2.05, 4.69) is 9.46 Å². The second-order valence-electron chi connectivity index (χ2n) is 3.82. The number of ether oxygens (including phenoxy) is 2. The van der Waals surface area contributed by atoms with E-state index in [1.165, 1.54) is 31.4 Å². The topological polar surface area (TPSA) is 102 Å². The summed E-state index contributed by atoms with van der Waals surface area (Å²) in [6.07, 6.45) is -1.23. The molecule has 112 valence electrons. The number of benzene rings is 1. The summed E-state index contributed by atoms with van der Waals surface area (Å²) in [6.45, 7) is 1.96. The minimum atomic E-state index is -3.78. The highest BCUT2D eigenvalue weighted by atomic mass is 32.2. The van der Waals surface area contributed by atoms with Gasteiger partial charge in [-0.2, -0.15) is 0 Å². The van der Waals surface area contributed by atoms with E-state index < -0.39 is 22.1 Å². The highest BCUT2D eigenvalue weighted by Gasteiger charge is 2.21. The van der Waals surface area contributed by atoms with Crippen LogP contribution in [0.4, 0.5) is 0 Å². The van der Waals surface area contributed by atoms with Crippen molar-refractivity contribution in [2.45, 2.75) is 17.9 Å². The van der Waals surface area contributed by atoms with Gasteiger partial charge in [0.1, 0.15) is 5.75 Å². The zero-order valence-electron chi connectivity index (χ0n) is 11.2. The molecule has 0 amide bonds. The van der Waals surface area contributed by atoms with E-state index in [1.807, 2.05) is 6.92 Å². The van der Waals surface area contributed by atoms with Gasteiger partial charge >= 0.3 is 5.97 Å². The first-order valence-corrected chi connectivity index (χ1v) is 7.37. The van der Waals surface area contributed by atoms with Crippen molar-refractivity contribution in [1.82, 2.24) is 4.72 Å². The molecule has 1 aromatic carbocycles. The van der Waals surface area contributed by atoms with Gasteiger partial charge in [-0.05, 0) is 31.2 Å². The second-order valence-corrected chi connectivity index (χ2v) is 5.59. The lowest BCUT2D eigenvalue weighted by Gasteiger charge is -2.12. The van der Waals surface area contributed by atoms with Crippen molar-refractivity contribution in [3.63, 3.8) is 0 Å². The first-order valence-electron chi connectivity index (χ1n) is 5.89. The highest BCUT2D eigenvalue weighted by molar-refractivity contribution is 7.89. The molecule has 1 aromatic rings. The number of hydrogen-bond donors (Lipinski definition) is 2. The number of carbonyl (C=O) groups is 1. The molecule has 0 fully saturated rings. The summed E-state index contributed by atoms with van der Waals surface area (Å²) in [6, 6.07) is 5.83. The summed E-state index contributed by atoms with van der Waals surface area (Å²) in [5.74, 6) is -0.673. The molecule has 0 spiro atoms. The molecular weight excluding hydrogens is 286 g/mol. The Morgan fingerprint density at radius 1 is 1.35 bits per heavy atom. The van der Waals surface area contributed by atoms with E-state index in [0.717, 1.165) is 0 Å². The zero-order valence-corrected chi connectivity index (χ0v) is 12.0. The van der Waals surface area contributed by atoms with E-state index in [0.29, 0.717) is 12.4 Å². The quantitative estimate of drug-likeness (QED) is 0.723. The van der Waals surface area contributed by atoms with Gasteiger partial charge in [0.2, 0.25) is 10.0 Å². The van der Waals surface area contributed by atoms with Crippen LogP contribution in [0.2, 0.25) is 0 Å². The van der Waals surface area contributed by atoms with Crippen LogP contribution < -0.4 is 9.46 Å².